The highest BCUT2D eigenvalue weighted by Crippen LogP contribution is 2.18. The van der Waals surface area contributed by atoms with E-state index in [9.17, 15) is 14.0 Å². The van der Waals surface area contributed by atoms with Crippen molar-refractivity contribution in [3.8, 4) is 0 Å². The van der Waals surface area contributed by atoms with Crippen LogP contribution in [-0.4, -0.2) is 24.0 Å². The third kappa shape index (κ3) is 4.35. The lowest BCUT2D eigenvalue weighted by Gasteiger charge is -2.17. The molecule has 2 aromatic rings. The second-order valence-electron chi connectivity index (χ2n) is 5.07. The van der Waals surface area contributed by atoms with Crippen molar-refractivity contribution in [3.05, 3.63) is 65.2 Å². The fraction of sp³-hybridized carbons (Fsp3) is 0.235. The van der Waals surface area contributed by atoms with Gasteiger partial charge in [-0.25, -0.2) is 9.18 Å². The van der Waals surface area contributed by atoms with Crippen LogP contribution in [0.15, 0.2) is 42.7 Å². The van der Waals surface area contributed by atoms with Crippen LogP contribution in [0.4, 0.5) is 4.39 Å². The first-order valence-corrected chi connectivity index (χ1v) is 7.03. The molecule has 1 heterocycles. The molecule has 0 radical (unpaired) electrons. The van der Waals surface area contributed by atoms with Crippen LogP contribution in [0.25, 0.3) is 0 Å². The van der Waals surface area contributed by atoms with E-state index in [0.717, 1.165) is 5.56 Å². The molecule has 23 heavy (non-hydrogen) atoms. The molecule has 1 N–H and O–H groups in total. The molecule has 120 valence electrons. The van der Waals surface area contributed by atoms with E-state index in [1.54, 1.807) is 31.5 Å². The number of methoxy groups -OCH3 is 1. The van der Waals surface area contributed by atoms with Crippen molar-refractivity contribution in [2.45, 2.75) is 19.4 Å². The van der Waals surface area contributed by atoms with Crippen LogP contribution in [-0.2, 0) is 20.7 Å². The number of nitrogens with zero attached hydrogens (tertiary/aromatic N) is 1. The molecule has 1 atom stereocenters. The summed E-state index contributed by atoms with van der Waals surface area (Å²) in [5.74, 6) is -1.34. The molecule has 1 aromatic carbocycles. The Kier molecular flexibility index (Phi) is 5.41. The summed E-state index contributed by atoms with van der Waals surface area (Å²) in [5.41, 5.74) is 1.58. The van der Waals surface area contributed by atoms with E-state index < -0.39 is 12.0 Å². The molecule has 0 saturated heterocycles. The van der Waals surface area contributed by atoms with Crippen molar-refractivity contribution < 1.29 is 18.7 Å². The maximum atomic E-state index is 13.4. The lowest BCUT2D eigenvalue weighted by Crippen LogP contribution is -2.35. The number of pyridine rings is 1. The number of amides is 1. The Morgan fingerprint density at radius 3 is 2.74 bits per heavy atom. The molecule has 0 bridgehead atoms. The number of benzene rings is 1. The number of hydrogen-bond acceptors (Lipinski definition) is 4. The smallest absolute Gasteiger partial charge is 0.333 e. The third-order valence-corrected chi connectivity index (χ3v) is 3.35. The van der Waals surface area contributed by atoms with E-state index in [2.05, 4.69) is 10.3 Å². The minimum atomic E-state index is -0.983. The molecular weight excluding hydrogens is 299 g/mol. The van der Waals surface area contributed by atoms with Gasteiger partial charge in [-0.15, -0.1) is 0 Å². The molecule has 5 nitrogen and oxygen atoms in total. The Labute approximate surface area is 133 Å². The summed E-state index contributed by atoms with van der Waals surface area (Å²) in [7, 11) is 1.24. The molecule has 0 aliphatic heterocycles. The quantitative estimate of drug-likeness (QED) is 0.858. The van der Waals surface area contributed by atoms with Gasteiger partial charge in [0, 0.05) is 12.4 Å². The largest absolute Gasteiger partial charge is 0.467 e. The van der Waals surface area contributed by atoms with E-state index in [4.69, 9.17) is 4.74 Å². The lowest BCUT2D eigenvalue weighted by molar-refractivity contribution is -0.145. The van der Waals surface area contributed by atoms with Gasteiger partial charge >= 0.3 is 5.97 Å². The second-order valence-corrected chi connectivity index (χ2v) is 5.07. The number of rotatable bonds is 5. The van der Waals surface area contributed by atoms with Crippen LogP contribution in [0.1, 0.15) is 22.7 Å². The van der Waals surface area contributed by atoms with Crippen molar-refractivity contribution in [2.24, 2.45) is 0 Å². The van der Waals surface area contributed by atoms with Crippen LogP contribution >= 0.6 is 0 Å². The highest BCUT2D eigenvalue weighted by atomic mass is 19.1. The van der Waals surface area contributed by atoms with Crippen molar-refractivity contribution in [3.63, 3.8) is 0 Å². The predicted octanol–water partition coefficient (Wildman–Crippen LogP) is 2.10. The SMILES string of the molecule is COC(=O)C(NC(=O)Cc1cccnc1)c1ccc(F)c(C)c1. The zero-order chi connectivity index (χ0) is 16.8. The molecule has 0 aliphatic rings. The molecule has 0 saturated carbocycles. The number of carbonyl (C=O) groups is 2. The van der Waals surface area contributed by atoms with E-state index in [1.807, 2.05) is 0 Å². The minimum absolute atomic E-state index is 0.0848. The van der Waals surface area contributed by atoms with E-state index in [-0.39, 0.29) is 18.1 Å². The van der Waals surface area contributed by atoms with Gasteiger partial charge in [0.1, 0.15) is 5.82 Å². The molecule has 1 amide bonds. The number of aromatic nitrogens is 1. The van der Waals surface area contributed by atoms with Crippen LogP contribution in [0.3, 0.4) is 0 Å². The standard InChI is InChI=1S/C17H17FN2O3/c1-11-8-13(5-6-14(11)18)16(17(22)23-2)20-15(21)9-12-4-3-7-19-10-12/h3-8,10,16H,9H2,1-2H3,(H,20,21). The van der Waals surface area contributed by atoms with Crippen LogP contribution < -0.4 is 5.32 Å². The lowest BCUT2D eigenvalue weighted by atomic mass is 10.0. The second kappa shape index (κ2) is 7.49. The monoisotopic (exact) mass is 316 g/mol. The van der Waals surface area contributed by atoms with Crippen LogP contribution in [0, 0.1) is 12.7 Å². The van der Waals surface area contributed by atoms with Crippen molar-refractivity contribution in [2.75, 3.05) is 7.11 Å². The summed E-state index contributed by atoms with van der Waals surface area (Å²) in [6.45, 7) is 1.59. The zero-order valence-corrected chi connectivity index (χ0v) is 12.9. The predicted molar refractivity (Wildman–Crippen MR) is 82.0 cm³/mol. The fourth-order valence-corrected chi connectivity index (χ4v) is 2.14. The van der Waals surface area contributed by atoms with Gasteiger partial charge in [0.05, 0.1) is 13.5 Å². The first-order valence-electron chi connectivity index (χ1n) is 7.03. The minimum Gasteiger partial charge on any atom is -0.467 e. The highest BCUT2D eigenvalue weighted by Gasteiger charge is 2.24. The molecule has 0 aliphatic carbocycles. The molecule has 1 aromatic heterocycles. The zero-order valence-electron chi connectivity index (χ0n) is 12.9. The molecule has 0 fully saturated rings. The normalized spacial score (nSPS) is 11.6. The Morgan fingerprint density at radius 2 is 2.13 bits per heavy atom. The van der Waals surface area contributed by atoms with Gasteiger partial charge in [0.25, 0.3) is 0 Å². The van der Waals surface area contributed by atoms with Gasteiger partial charge in [-0.1, -0.05) is 18.2 Å². The Balaban J connectivity index is 2.17. The van der Waals surface area contributed by atoms with Crippen LogP contribution in [0.2, 0.25) is 0 Å². The summed E-state index contributed by atoms with van der Waals surface area (Å²) in [6, 6.07) is 6.73. The number of halogens is 1. The number of ether oxygens (including phenoxy) is 1. The number of aryl methyl sites for hydroxylation is 1. The van der Waals surface area contributed by atoms with Gasteiger partial charge in [0.15, 0.2) is 6.04 Å². The summed E-state index contributed by atoms with van der Waals surface area (Å²) >= 11 is 0. The van der Waals surface area contributed by atoms with Gasteiger partial charge < -0.3 is 10.1 Å². The Hall–Kier alpha value is -2.76. The maximum absolute atomic E-state index is 13.4. The fourth-order valence-electron chi connectivity index (χ4n) is 2.14. The van der Waals surface area contributed by atoms with Crippen molar-refractivity contribution in [1.29, 1.82) is 0 Å². The van der Waals surface area contributed by atoms with Crippen molar-refractivity contribution >= 4 is 11.9 Å². The number of esters is 1. The summed E-state index contributed by atoms with van der Waals surface area (Å²) in [5, 5.41) is 2.62. The molecule has 6 heteroatoms. The third-order valence-electron chi connectivity index (χ3n) is 3.35. The molecule has 1 unspecified atom stereocenters. The van der Waals surface area contributed by atoms with Gasteiger partial charge in [-0.05, 0) is 35.7 Å². The molecular formula is C17H17FN2O3. The number of nitrogens with one attached hydrogen (secondary N) is 1. The summed E-state index contributed by atoms with van der Waals surface area (Å²) in [4.78, 5) is 28.0. The molecule has 2 rings (SSSR count). The van der Waals surface area contributed by atoms with Crippen molar-refractivity contribution in [1.82, 2.24) is 10.3 Å². The number of hydrogen-bond donors (Lipinski definition) is 1. The summed E-state index contributed by atoms with van der Waals surface area (Å²) in [6.07, 6.45) is 3.27. The first-order chi connectivity index (χ1) is 11.0. The van der Waals surface area contributed by atoms with E-state index >= 15 is 0 Å². The average Bonchev–Trinajstić information content (AvgIpc) is 2.55. The van der Waals surface area contributed by atoms with Gasteiger partial charge in [-0.3, -0.25) is 9.78 Å². The van der Waals surface area contributed by atoms with E-state index in [1.165, 1.54) is 25.3 Å². The van der Waals surface area contributed by atoms with Gasteiger partial charge in [0.2, 0.25) is 5.91 Å². The highest BCUT2D eigenvalue weighted by molar-refractivity contribution is 5.86. The molecule has 0 spiro atoms. The Bertz CT molecular complexity index is 704. The average molecular weight is 316 g/mol. The maximum Gasteiger partial charge on any atom is 0.333 e. The van der Waals surface area contributed by atoms with Crippen LogP contribution in [0.5, 0.6) is 0 Å². The first kappa shape index (κ1) is 16.6. The number of carbonyl (C=O) groups excluding carboxylic acids is 2. The van der Waals surface area contributed by atoms with E-state index in [0.29, 0.717) is 11.1 Å². The Morgan fingerprint density at radius 1 is 1.35 bits per heavy atom. The topological polar surface area (TPSA) is 68.3 Å². The van der Waals surface area contributed by atoms with Gasteiger partial charge in [-0.2, -0.15) is 0 Å². The summed E-state index contributed by atoms with van der Waals surface area (Å²) < 4.78 is 18.1.